The van der Waals surface area contributed by atoms with E-state index in [1.54, 1.807) is 22.5 Å². The van der Waals surface area contributed by atoms with Gasteiger partial charge in [0.15, 0.2) is 0 Å². The van der Waals surface area contributed by atoms with Gasteiger partial charge in [0.2, 0.25) is 10.0 Å². The number of hydrogen-bond acceptors (Lipinski definition) is 5. The summed E-state index contributed by atoms with van der Waals surface area (Å²) in [7, 11) is -1.53. The van der Waals surface area contributed by atoms with Gasteiger partial charge in [-0.2, -0.15) is 4.31 Å². The molecular formula is C16H22ClN3O2S2. The second kappa shape index (κ2) is 7.93. The summed E-state index contributed by atoms with van der Waals surface area (Å²) >= 11 is 1.53. The first-order chi connectivity index (χ1) is 11.0. The van der Waals surface area contributed by atoms with Crippen LogP contribution in [0.1, 0.15) is 12.1 Å². The van der Waals surface area contributed by atoms with Gasteiger partial charge in [0.1, 0.15) is 5.01 Å². The topological polar surface area (TPSA) is 62.3 Å². The number of nitrogens with zero attached hydrogens (tertiary/aromatic N) is 2. The Bertz CT molecular complexity index is 792. The van der Waals surface area contributed by atoms with Gasteiger partial charge in [-0.25, -0.2) is 13.4 Å². The van der Waals surface area contributed by atoms with E-state index < -0.39 is 10.0 Å². The van der Waals surface area contributed by atoms with Gasteiger partial charge in [-0.15, -0.1) is 23.7 Å². The van der Waals surface area contributed by atoms with Gasteiger partial charge in [-0.1, -0.05) is 12.1 Å². The van der Waals surface area contributed by atoms with Crippen LogP contribution in [0.5, 0.6) is 0 Å². The molecule has 0 radical (unpaired) electrons. The normalized spacial score (nSPS) is 18.5. The Labute approximate surface area is 153 Å². The predicted molar refractivity (Wildman–Crippen MR) is 100 cm³/mol. The molecule has 1 atom stereocenters. The standard InChI is InChI=1S/C16H21N3O2S2.ClH/c1-12-11-22-16(18-12)14-4-3-5-15(8-14)23(20,21)19-7-6-13(10-19)9-17-2;/h3-5,8,11,13,17H,6-7,9-10H2,1-2H3;1H. The van der Waals surface area contributed by atoms with E-state index in [2.05, 4.69) is 10.3 Å². The third kappa shape index (κ3) is 3.97. The van der Waals surface area contributed by atoms with Gasteiger partial charge >= 0.3 is 0 Å². The molecule has 132 valence electrons. The van der Waals surface area contributed by atoms with E-state index in [9.17, 15) is 8.42 Å². The first-order valence-electron chi connectivity index (χ1n) is 7.68. The maximum Gasteiger partial charge on any atom is 0.243 e. The van der Waals surface area contributed by atoms with Crippen molar-refractivity contribution in [2.45, 2.75) is 18.2 Å². The van der Waals surface area contributed by atoms with Crippen LogP contribution in [-0.4, -0.2) is 44.4 Å². The number of thiazole rings is 1. The molecule has 3 rings (SSSR count). The minimum absolute atomic E-state index is 0. The molecule has 8 heteroatoms. The van der Waals surface area contributed by atoms with Crippen molar-refractivity contribution in [3.05, 3.63) is 35.3 Å². The number of nitrogens with one attached hydrogen (secondary N) is 1. The Kier molecular flexibility index (Phi) is 6.39. The molecular weight excluding hydrogens is 366 g/mol. The van der Waals surface area contributed by atoms with Crippen molar-refractivity contribution in [3.63, 3.8) is 0 Å². The van der Waals surface area contributed by atoms with Crippen molar-refractivity contribution < 1.29 is 8.42 Å². The molecule has 2 heterocycles. The number of halogens is 1. The Balaban J connectivity index is 0.00000208. The molecule has 1 aliphatic heterocycles. The molecule has 24 heavy (non-hydrogen) atoms. The third-order valence-electron chi connectivity index (χ3n) is 4.08. The average molecular weight is 388 g/mol. The summed E-state index contributed by atoms with van der Waals surface area (Å²) < 4.78 is 27.3. The Morgan fingerprint density at radius 2 is 2.21 bits per heavy atom. The van der Waals surface area contributed by atoms with Crippen molar-refractivity contribution >= 4 is 33.8 Å². The molecule has 2 aromatic rings. The molecule has 1 saturated heterocycles. The molecule has 1 aromatic heterocycles. The van der Waals surface area contributed by atoms with E-state index in [1.165, 1.54) is 11.3 Å². The lowest BCUT2D eigenvalue weighted by atomic mass is 10.1. The molecule has 1 unspecified atom stereocenters. The summed E-state index contributed by atoms with van der Waals surface area (Å²) in [6, 6.07) is 7.11. The Morgan fingerprint density at radius 3 is 2.88 bits per heavy atom. The largest absolute Gasteiger partial charge is 0.319 e. The average Bonchev–Trinajstić information content (AvgIpc) is 3.17. The molecule has 0 saturated carbocycles. The highest BCUT2D eigenvalue weighted by molar-refractivity contribution is 7.89. The highest BCUT2D eigenvalue weighted by Gasteiger charge is 2.32. The highest BCUT2D eigenvalue weighted by Crippen LogP contribution is 2.29. The van der Waals surface area contributed by atoms with E-state index in [1.807, 2.05) is 25.4 Å². The maximum atomic E-state index is 12.9. The molecule has 1 N–H and O–H groups in total. The summed E-state index contributed by atoms with van der Waals surface area (Å²) in [5.74, 6) is 0.388. The molecule has 5 nitrogen and oxygen atoms in total. The summed E-state index contributed by atoms with van der Waals surface area (Å²) in [5.41, 5.74) is 1.81. The number of benzene rings is 1. The summed E-state index contributed by atoms with van der Waals surface area (Å²) in [4.78, 5) is 4.79. The molecule has 0 spiro atoms. The zero-order valence-corrected chi connectivity index (χ0v) is 16.2. The zero-order chi connectivity index (χ0) is 16.4. The molecule has 0 bridgehead atoms. The van der Waals surface area contributed by atoms with Crippen LogP contribution in [0.25, 0.3) is 10.6 Å². The minimum atomic E-state index is -3.43. The van der Waals surface area contributed by atoms with E-state index in [-0.39, 0.29) is 12.4 Å². The predicted octanol–water partition coefficient (Wildman–Crippen LogP) is 2.77. The fourth-order valence-electron chi connectivity index (χ4n) is 2.90. The van der Waals surface area contributed by atoms with Crippen LogP contribution in [0, 0.1) is 12.8 Å². The number of rotatable bonds is 5. The monoisotopic (exact) mass is 387 g/mol. The summed E-state index contributed by atoms with van der Waals surface area (Å²) in [5, 5.41) is 5.95. The lowest BCUT2D eigenvalue weighted by Crippen LogP contribution is -2.30. The van der Waals surface area contributed by atoms with Crippen LogP contribution >= 0.6 is 23.7 Å². The van der Waals surface area contributed by atoms with Crippen molar-refractivity contribution in [2.75, 3.05) is 26.7 Å². The summed E-state index contributed by atoms with van der Waals surface area (Å²) in [6.45, 7) is 3.97. The van der Waals surface area contributed by atoms with Crippen LogP contribution in [0.15, 0.2) is 34.5 Å². The number of aromatic nitrogens is 1. The van der Waals surface area contributed by atoms with E-state index in [4.69, 9.17) is 0 Å². The SMILES string of the molecule is CNCC1CCN(S(=O)(=O)c2cccc(-c3nc(C)cs3)c2)C1.Cl. The summed E-state index contributed by atoms with van der Waals surface area (Å²) in [6.07, 6.45) is 0.908. The van der Waals surface area contributed by atoms with Crippen LogP contribution in [0.4, 0.5) is 0 Å². The maximum absolute atomic E-state index is 12.9. The van der Waals surface area contributed by atoms with E-state index in [0.717, 1.165) is 29.2 Å². The molecule has 1 aromatic carbocycles. The van der Waals surface area contributed by atoms with Gasteiger partial charge in [0, 0.05) is 29.7 Å². The quantitative estimate of drug-likeness (QED) is 0.856. The van der Waals surface area contributed by atoms with Gasteiger partial charge in [-0.05, 0) is 45.0 Å². The van der Waals surface area contributed by atoms with Crippen LogP contribution in [0.3, 0.4) is 0 Å². The molecule has 0 aliphatic carbocycles. The van der Waals surface area contributed by atoms with Crippen LogP contribution in [0.2, 0.25) is 0 Å². The fraction of sp³-hybridized carbons (Fsp3) is 0.438. The minimum Gasteiger partial charge on any atom is -0.319 e. The smallest absolute Gasteiger partial charge is 0.243 e. The highest BCUT2D eigenvalue weighted by atomic mass is 35.5. The lowest BCUT2D eigenvalue weighted by Gasteiger charge is -2.17. The second-order valence-corrected chi connectivity index (χ2v) is 8.69. The van der Waals surface area contributed by atoms with Crippen molar-refractivity contribution in [1.29, 1.82) is 0 Å². The number of hydrogen-bond donors (Lipinski definition) is 1. The van der Waals surface area contributed by atoms with E-state index >= 15 is 0 Å². The lowest BCUT2D eigenvalue weighted by molar-refractivity contribution is 0.451. The van der Waals surface area contributed by atoms with Crippen LogP contribution in [-0.2, 0) is 10.0 Å². The van der Waals surface area contributed by atoms with Crippen molar-refractivity contribution in [2.24, 2.45) is 5.92 Å². The Morgan fingerprint density at radius 1 is 1.42 bits per heavy atom. The molecule has 1 fully saturated rings. The fourth-order valence-corrected chi connectivity index (χ4v) is 5.27. The molecule has 1 aliphatic rings. The number of sulfonamides is 1. The van der Waals surface area contributed by atoms with Gasteiger partial charge in [0.25, 0.3) is 0 Å². The first-order valence-corrected chi connectivity index (χ1v) is 10.00. The zero-order valence-electron chi connectivity index (χ0n) is 13.7. The molecule has 0 amide bonds. The third-order valence-corrected chi connectivity index (χ3v) is 6.95. The Hall–Kier alpha value is -0.990. The second-order valence-electron chi connectivity index (χ2n) is 5.90. The van der Waals surface area contributed by atoms with Gasteiger partial charge in [0.05, 0.1) is 4.90 Å². The van der Waals surface area contributed by atoms with Gasteiger partial charge < -0.3 is 5.32 Å². The first kappa shape index (κ1) is 19.3. The van der Waals surface area contributed by atoms with Crippen LogP contribution < -0.4 is 5.32 Å². The van der Waals surface area contributed by atoms with Crippen molar-refractivity contribution in [3.8, 4) is 10.6 Å². The van der Waals surface area contributed by atoms with E-state index in [0.29, 0.717) is 23.9 Å². The van der Waals surface area contributed by atoms with Gasteiger partial charge in [-0.3, -0.25) is 0 Å². The number of aryl methyl sites for hydroxylation is 1. The van der Waals surface area contributed by atoms with Crippen molar-refractivity contribution in [1.82, 2.24) is 14.6 Å².